The molecule has 7 nitrogen and oxygen atoms in total. The van der Waals surface area contributed by atoms with Crippen LogP contribution in [0.15, 0.2) is 28.7 Å². The fraction of sp³-hybridized carbons (Fsp3) is 0.579. The van der Waals surface area contributed by atoms with Crippen LogP contribution >= 0.6 is 0 Å². The molecule has 1 aromatic carbocycles. The number of aromatic nitrogens is 2. The van der Waals surface area contributed by atoms with E-state index in [2.05, 4.69) is 26.9 Å². The van der Waals surface area contributed by atoms with Gasteiger partial charge in [0.2, 0.25) is 11.8 Å². The topological polar surface area (TPSA) is 63.9 Å². The van der Waals surface area contributed by atoms with Gasteiger partial charge in [-0.3, -0.25) is 9.80 Å². The number of nitrogens with zero attached hydrogens (tertiary/aromatic N) is 4. The van der Waals surface area contributed by atoms with Crippen molar-refractivity contribution in [1.29, 1.82) is 0 Å². The Kier molecular flexibility index (Phi) is 6.60. The maximum Gasteiger partial charge on any atom is 0.247 e. The molecule has 0 amide bonds. The van der Waals surface area contributed by atoms with Crippen molar-refractivity contribution in [3.8, 4) is 17.2 Å². The molecule has 26 heavy (non-hydrogen) atoms. The Balaban J connectivity index is 1.53. The van der Waals surface area contributed by atoms with Crippen molar-refractivity contribution >= 4 is 0 Å². The van der Waals surface area contributed by atoms with Gasteiger partial charge < -0.3 is 13.9 Å². The molecule has 1 aliphatic rings. The standard InChI is InChI=1S/C19H28N4O3/c1-4-25-12-11-23-10-9-22(13-15(23)2)14-18-20-21-19(26-18)16-5-7-17(24-3)8-6-16/h5-8,15H,4,9-14H2,1-3H3. The molecule has 142 valence electrons. The summed E-state index contributed by atoms with van der Waals surface area (Å²) >= 11 is 0. The molecular weight excluding hydrogens is 332 g/mol. The van der Waals surface area contributed by atoms with Crippen molar-refractivity contribution in [2.75, 3.05) is 46.5 Å². The smallest absolute Gasteiger partial charge is 0.247 e. The molecule has 0 saturated carbocycles. The minimum absolute atomic E-state index is 0.494. The number of rotatable bonds is 8. The second-order valence-corrected chi connectivity index (χ2v) is 6.55. The van der Waals surface area contributed by atoms with Gasteiger partial charge in [0.05, 0.1) is 20.3 Å². The van der Waals surface area contributed by atoms with Crippen molar-refractivity contribution in [2.45, 2.75) is 26.4 Å². The Morgan fingerprint density at radius 2 is 2.00 bits per heavy atom. The maximum absolute atomic E-state index is 5.85. The highest BCUT2D eigenvalue weighted by Crippen LogP contribution is 2.22. The van der Waals surface area contributed by atoms with Crippen molar-refractivity contribution in [1.82, 2.24) is 20.0 Å². The van der Waals surface area contributed by atoms with E-state index in [1.807, 2.05) is 31.2 Å². The molecule has 1 saturated heterocycles. The summed E-state index contributed by atoms with van der Waals surface area (Å²) < 4.78 is 16.5. The van der Waals surface area contributed by atoms with Gasteiger partial charge in [0.25, 0.3) is 0 Å². The summed E-state index contributed by atoms with van der Waals surface area (Å²) in [5.74, 6) is 2.02. The van der Waals surface area contributed by atoms with Crippen molar-refractivity contribution in [3.63, 3.8) is 0 Å². The summed E-state index contributed by atoms with van der Waals surface area (Å²) in [6, 6.07) is 8.13. The molecule has 1 atom stereocenters. The van der Waals surface area contributed by atoms with E-state index in [1.54, 1.807) is 7.11 Å². The van der Waals surface area contributed by atoms with Crippen molar-refractivity contribution in [2.24, 2.45) is 0 Å². The van der Waals surface area contributed by atoms with Crippen LogP contribution in [-0.4, -0.2) is 72.5 Å². The van der Waals surface area contributed by atoms with E-state index < -0.39 is 0 Å². The molecule has 0 radical (unpaired) electrons. The van der Waals surface area contributed by atoms with E-state index in [-0.39, 0.29) is 0 Å². The van der Waals surface area contributed by atoms with Gasteiger partial charge in [-0.25, -0.2) is 0 Å². The number of piperazine rings is 1. The van der Waals surface area contributed by atoms with Crippen LogP contribution < -0.4 is 4.74 Å². The van der Waals surface area contributed by atoms with Gasteiger partial charge in [0.1, 0.15) is 5.75 Å². The minimum atomic E-state index is 0.494. The van der Waals surface area contributed by atoms with E-state index >= 15 is 0 Å². The van der Waals surface area contributed by atoms with Gasteiger partial charge in [0.15, 0.2) is 0 Å². The second kappa shape index (κ2) is 9.12. The van der Waals surface area contributed by atoms with E-state index in [9.17, 15) is 0 Å². The summed E-state index contributed by atoms with van der Waals surface area (Å²) in [6.45, 7) is 10.6. The first-order valence-electron chi connectivity index (χ1n) is 9.20. The fourth-order valence-electron chi connectivity index (χ4n) is 3.23. The van der Waals surface area contributed by atoms with Gasteiger partial charge in [-0.1, -0.05) is 0 Å². The van der Waals surface area contributed by atoms with Crippen LogP contribution in [0, 0.1) is 0 Å². The second-order valence-electron chi connectivity index (χ2n) is 6.55. The monoisotopic (exact) mass is 360 g/mol. The maximum atomic E-state index is 5.85. The number of hydrogen-bond acceptors (Lipinski definition) is 7. The molecule has 1 aromatic heterocycles. The summed E-state index contributed by atoms with van der Waals surface area (Å²) in [6.07, 6.45) is 0. The van der Waals surface area contributed by atoms with Gasteiger partial charge in [-0.05, 0) is 38.1 Å². The average Bonchev–Trinajstić information content (AvgIpc) is 3.12. The van der Waals surface area contributed by atoms with E-state index in [0.717, 1.165) is 50.7 Å². The molecule has 7 heteroatoms. The molecular formula is C19H28N4O3. The SMILES string of the molecule is CCOCCN1CCN(Cc2nnc(-c3ccc(OC)cc3)o2)CC1C. The summed E-state index contributed by atoms with van der Waals surface area (Å²) in [4.78, 5) is 4.84. The van der Waals surface area contributed by atoms with Crippen LogP contribution in [0.1, 0.15) is 19.7 Å². The normalized spacial score (nSPS) is 19.0. The third kappa shape index (κ3) is 4.81. The Labute approximate surface area is 154 Å². The predicted octanol–water partition coefficient (Wildman–Crippen LogP) is 2.29. The molecule has 2 heterocycles. The first-order chi connectivity index (χ1) is 12.7. The van der Waals surface area contributed by atoms with Crippen molar-refractivity contribution < 1.29 is 13.9 Å². The third-order valence-electron chi connectivity index (χ3n) is 4.74. The zero-order valence-electron chi connectivity index (χ0n) is 15.9. The van der Waals surface area contributed by atoms with Gasteiger partial charge >= 0.3 is 0 Å². The lowest BCUT2D eigenvalue weighted by atomic mass is 10.2. The van der Waals surface area contributed by atoms with Crippen LogP contribution in [0.3, 0.4) is 0 Å². The van der Waals surface area contributed by atoms with Gasteiger partial charge in [-0.15, -0.1) is 10.2 Å². The molecule has 0 spiro atoms. The zero-order chi connectivity index (χ0) is 18.4. The molecule has 0 N–H and O–H groups in total. The Bertz CT molecular complexity index is 674. The van der Waals surface area contributed by atoms with Crippen LogP contribution in [0.5, 0.6) is 5.75 Å². The lowest BCUT2D eigenvalue weighted by Gasteiger charge is -2.39. The number of hydrogen-bond donors (Lipinski definition) is 0. The van der Waals surface area contributed by atoms with Gasteiger partial charge in [-0.2, -0.15) is 0 Å². The summed E-state index contributed by atoms with van der Waals surface area (Å²) in [7, 11) is 1.65. The Hall–Kier alpha value is -1.96. The minimum Gasteiger partial charge on any atom is -0.497 e. The van der Waals surface area contributed by atoms with Crippen LogP contribution in [0.2, 0.25) is 0 Å². The number of ether oxygens (including phenoxy) is 2. The molecule has 2 aromatic rings. The van der Waals surface area contributed by atoms with Crippen LogP contribution in [0.25, 0.3) is 11.5 Å². The average molecular weight is 360 g/mol. The summed E-state index contributed by atoms with van der Waals surface area (Å²) in [5.41, 5.74) is 0.902. The molecule has 1 aliphatic heterocycles. The molecule has 0 bridgehead atoms. The molecule has 1 fully saturated rings. The third-order valence-corrected chi connectivity index (χ3v) is 4.74. The predicted molar refractivity (Wildman–Crippen MR) is 99.1 cm³/mol. The molecule has 0 aliphatic carbocycles. The lowest BCUT2D eigenvalue weighted by Crippen LogP contribution is -2.52. The van der Waals surface area contributed by atoms with E-state index in [0.29, 0.717) is 24.4 Å². The summed E-state index contributed by atoms with van der Waals surface area (Å²) in [5, 5.41) is 8.39. The molecule has 3 rings (SSSR count). The lowest BCUT2D eigenvalue weighted by molar-refractivity contribution is 0.0437. The number of benzene rings is 1. The molecule has 1 unspecified atom stereocenters. The van der Waals surface area contributed by atoms with Crippen LogP contribution in [0.4, 0.5) is 0 Å². The van der Waals surface area contributed by atoms with Crippen molar-refractivity contribution in [3.05, 3.63) is 30.2 Å². The first-order valence-corrected chi connectivity index (χ1v) is 9.20. The fourth-order valence-corrected chi connectivity index (χ4v) is 3.23. The Morgan fingerprint density at radius 1 is 1.19 bits per heavy atom. The highest BCUT2D eigenvalue weighted by Gasteiger charge is 2.24. The highest BCUT2D eigenvalue weighted by molar-refractivity contribution is 5.53. The highest BCUT2D eigenvalue weighted by atomic mass is 16.5. The Morgan fingerprint density at radius 3 is 2.69 bits per heavy atom. The largest absolute Gasteiger partial charge is 0.497 e. The first kappa shape index (κ1) is 18.8. The van der Waals surface area contributed by atoms with Crippen LogP contribution in [-0.2, 0) is 11.3 Å². The van der Waals surface area contributed by atoms with E-state index in [1.165, 1.54) is 0 Å². The quantitative estimate of drug-likeness (QED) is 0.669. The number of methoxy groups -OCH3 is 1. The zero-order valence-corrected chi connectivity index (χ0v) is 15.9. The van der Waals surface area contributed by atoms with Gasteiger partial charge in [0, 0.05) is 44.4 Å². The van der Waals surface area contributed by atoms with E-state index in [4.69, 9.17) is 13.9 Å².